The minimum absolute atomic E-state index is 0.0860. The van der Waals surface area contributed by atoms with Gasteiger partial charge in [0.15, 0.2) is 5.78 Å². The summed E-state index contributed by atoms with van der Waals surface area (Å²) in [5.74, 6) is -3.08. The molecule has 1 heterocycles. The van der Waals surface area contributed by atoms with Crippen LogP contribution in [0.25, 0.3) is 0 Å². The van der Waals surface area contributed by atoms with Crippen LogP contribution < -0.4 is 10.6 Å². The third kappa shape index (κ3) is 3.74. The highest BCUT2D eigenvalue weighted by molar-refractivity contribution is 9.10. The van der Waals surface area contributed by atoms with E-state index in [-0.39, 0.29) is 11.1 Å². The molecule has 1 aliphatic heterocycles. The predicted molar refractivity (Wildman–Crippen MR) is 98.8 cm³/mol. The summed E-state index contributed by atoms with van der Waals surface area (Å²) < 4.78 is 42.0. The highest BCUT2D eigenvalue weighted by atomic mass is 79.9. The Morgan fingerprint density at radius 1 is 1.11 bits per heavy atom. The number of rotatable bonds is 3. The third-order valence-corrected chi connectivity index (χ3v) is 5.23. The normalized spacial score (nSPS) is 25.0. The van der Waals surface area contributed by atoms with Crippen molar-refractivity contribution in [3.63, 3.8) is 0 Å². The van der Waals surface area contributed by atoms with E-state index in [0.717, 1.165) is 0 Å². The summed E-state index contributed by atoms with van der Waals surface area (Å²) in [5.41, 5.74) is -3.62. The van der Waals surface area contributed by atoms with Gasteiger partial charge in [-0.3, -0.25) is 4.79 Å². The Bertz CT molecular complexity index is 906. The van der Waals surface area contributed by atoms with Gasteiger partial charge in [-0.1, -0.05) is 39.7 Å². The molecule has 1 fully saturated rings. The van der Waals surface area contributed by atoms with Gasteiger partial charge in [-0.05, 0) is 42.0 Å². The Hall–Kier alpha value is -2.10. The maximum Gasteiger partial charge on any atom is 0.437 e. The summed E-state index contributed by atoms with van der Waals surface area (Å²) in [6.07, 6.45) is -5.30. The molecule has 2 amide bonds. The molecule has 3 rings (SSSR count). The van der Waals surface area contributed by atoms with Gasteiger partial charge in [0, 0.05) is 15.1 Å². The first-order valence-electron chi connectivity index (χ1n) is 7.96. The molecule has 2 aromatic rings. The van der Waals surface area contributed by atoms with Crippen LogP contribution in [0.4, 0.5) is 18.0 Å². The van der Waals surface area contributed by atoms with Crippen LogP contribution in [0.2, 0.25) is 5.02 Å². The fourth-order valence-corrected chi connectivity index (χ4v) is 3.47. The van der Waals surface area contributed by atoms with E-state index in [1.54, 1.807) is 12.1 Å². The number of hydrogen-bond donors (Lipinski definition) is 3. The van der Waals surface area contributed by atoms with Crippen LogP contribution in [-0.4, -0.2) is 28.8 Å². The van der Waals surface area contributed by atoms with Gasteiger partial charge < -0.3 is 15.7 Å². The zero-order valence-corrected chi connectivity index (χ0v) is 16.3. The molecular formula is C18H13BrClF3N2O3. The van der Waals surface area contributed by atoms with Crippen LogP contribution >= 0.6 is 27.5 Å². The van der Waals surface area contributed by atoms with Crippen LogP contribution in [0.3, 0.4) is 0 Å². The van der Waals surface area contributed by atoms with Gasteiger partial charge in [0.05, 0.1) is 6.04 Å². The lowest BCUT2D eigenvalue weighted by atomic mass is 9.77. The predicted octanol–water partition coefficient (Wildman–Crippen LogP) is 4.21. The van der Waals surface area contributed by atoms with Gasteiger partial charge in [0.1, 0.15) is 5.92 Å². The molecule has 10 heteroatoms. The van der Waals surface area contributed by atoms with E-state index in [2.05, 4.69) is 21.2 Å². The van der Waals surface area contributed by atoms with E-state index in [4.69, 9.17) is 11.6 Å². The van der Waals surface area contributed by atoms with Gasteiger partial charge in [0.2, 0.25) is 5.72 Å². The Labute approximate surface area is 171 Å². The SMILES string of the molecule is O=C1N[C@H](c2ccc(Br)cc2)[C@H](C(=O)c2ccc(Cl)cc2)[C@@](O)(C(F)(F)F)N1. The minimum Gasteiger partial charge on any atom is -0.363 e. The largest absolute Gasteiger partial charge is 0.437 e. The number of alkyl halides is 3. The van der Waals surface area contributed by atoms with Crippen molar-refractivity contribution in [3.05, 3.63) is 69.2 Å². The molecule has 0 spiro atoms. The van der Waals surface area contributed by atoms with E-state index in [0.29, 0.717) is 9.50 Å². The Morgan fingerprint density at radius 2 is 1.68 bits per heavy atom. The second kappa shape index (κ2) is 7.38. The molecule has 28 heavy (non-hydrogen) atoms. The van der Waals surface area contributed by atoms with Gasteiger partial charge in [-0.15, -0.1) is 0 Å². The first-order chi connectivity index (χ1) is 13.0. The molecule has 3 atom stereocenters. The summed E-state index contributed by atoms with van der Waals surface area (Å²) >= 11 is 8.99. The fraction of sp³-hybridized carbons (Fsp3) is 0.222. The standard InChI is InChI=1S/C18H13BrClF3N2O3/c19-11-5-1-9(2-6-11)14-13(15(26)10-3-7-12(20)8-4-10)17(28,18(21,22)23)25-16(27)24-14/h1-8,13-14,28H,(H2,24,25,27)/t13-,14-,17-/m1/s1. The molecule has 5 nitrogen and oxygen atoms in total. The van der Waals surface area contributed by atoms with Crippen molar-refractivity contribution in [2.24, 2.45) is 5.92 Å². The molecule has 0 radical (unpaired) electrons. The van der Waals surface area contributed by atoms with Crippen molar-refractivity contribution in [2.75, 3.05) is 0 Å². The number of nitrogens with one attached hydrogen (secondary N) is 2. The van der Waals surface area contributed by atoms with E-state index in [9.17, 15) is 27.9 Å². The van der Waals surface area contributed by atoms with Crippen molar-refractivity contribution >= 4 is 39.3 Å². The van der Waals surface area contributed by atoms with Crippen LogP contribution in [0.1, 0.15) is 22.0 Å². The molecule has 2 aromatic carbocycles. The topological polar surface area (TPSA) is 78.4 Å². The highest BCUT2D eigenvalue weighted by Gasteiger charge is 2.66. The molecule has 0 unspecified atom stereocenters. The van der Waals surface area contributed by atoms with Crippen molar-refractivity contribution in [1.29, 1.82) is 0 Å². The van der Waals surface area contributed by atoms with E-state index in [1.165, 1.54) is 41.7 Å². The highest BCUT2D eigenvalue weighted by Crippen LogP contribution is 2.44. The molecule has 0 bridgehead atoms. The summed E-state index contributed by atoms with van der Waals surface area (Å²) in [6, 6.07) is 8.59. The zero-order valence-electron chi connectivity index (χ0n) is 13.9. The van der Waals surface area contributed by atoms with E-state index < -0.39 is 35.7 Å². The van der Waals surface area contributed by atoms with Crippen LogP contribution in [0.15, 0.2) is 53.0 Å². The average Bonchev–Trinajstić information content (AvgIpc) is 2.61. The number of ketones is 1. The smallest absolute Gasteiger partial charge is 0.363 e. The Kier molecular flexibility index (Phi) is 5.44. The van der Waals surface area contributed by atoms with Crippen LogP contribution in [-0.2, 0) is 0 Å². The molecule has 0 aromatic heterocycles. The Balaban J connectivity index is 2.15. The number of hydrogen-bond acceptors (Lipinski definition) is 3. The lowest BCUT2D eigenvalue weighted by Gasteiger charge is -2.45. The molecule has 1 saturated heterocycles. The van der Waals surface area contributed by atoms with Crippen molar-refractivity contribution in [1.82, 2.24) is 10.6 Å². The molecule has 148 valence electrons. The first kappa shape index (κ1) is 20.6. The summed E-state index contributed by atoms with van der Waals surface area (Å²) in [7, 11) is 0. The first-order valence-corrected chi connectivity index (χ1v) is 9.13. The number of benzene rings is 2. The van der Waals surface area contributed by atoms with Gasteiger partial charge in [-0.2, -0.15) is 13.2 Å². The van der Waals surface area contributed by atoms with Crippen molar-refractivity contribution in [3.8, 4) is 0 Å². The number of carbonyl (C=O) groups excluding carboxylic acids is 2. The molecule has 0 aliphatic carbocycles. The number of amides is 2. The molecule has 0 saturated carbocycles. The maximum absolute atomic E-state index is 13.8. The van der Waals surface area contributed by atoms with Crippen molar-refractivity contribution < 1.29 is 27.9 Å². The maximum atomic E-state index is 13.8. The number of urea groups is 1. The monoisotopic (exact) mass is 476 g/mol. The summed E-state index contributed by atoms with van der Waals surface area (Å²) in [6.45, 7) is 0. The number of carbonyl (C=O) groups is 2. The quantitative estimate of drug-likeness (QED) is 0.580. The molecular weight excluding hydrogens is 465 g/mol. The number of Topliss-reactive ketones (excluding diaryl/α,β-unsaturated/α-hetero) is 1. The minimum atomic E-state index is -5.30. The van der Waals surface area contributed by atoms with Gasteiger partial charge in [0.25, 0.3) is 0 Å². The zero-order chi connectivity index (χ0) is 20.7. The summed E-state index contributed by atoms with van der Waals surface area (Å²) in [5, 5.41) is 14.6. The lowest BCUT2D eigenvalue weighted by molar-refractivity contribution is -0.287. The summed E-state index contributed by atoms with van der Waals surface area (Å²) in [4.78, 5) is 24.9. The lowest BCUT2D eigenvalue weighted by Crippen LogP contribution is -2.72. The van der Waals surface area contributed by atoms with E-state index in [1.807, 2.05) is 0 Å². The van der Waals surface area contributed by atoms with Crippen LogP contribution in [0, 0.1) is 5.92 Å². The number of aliphatic hydroxyl groups is 1. The van der Waals surface area contributed by atoms with E-state index >= 15 is 0 Å². The van der Waals surface area contributed by atoms with Gasteiger partial charge >= 0.3 is 12.2 Å². The number of halogens is 5. The molecule has 1 aliphatic rings. The average molecular weight is 478 g/mol. The fourth-order valence-electron chi connectivity index (χ4n) is 3.08. The molecule has 3 N–H and O–H groups in total. The third-order valence-electron chi connectivity index (χ3n) is 4.45. The second-order valence-electron chi connectivity index (χ2n) is 6.24. The van der Waals surface area contributed by atoms with Crippen LogP contribution in [0.5, 0.6) is 0 Å². The Morgan fingerprint density at radius 3 is 2.21 bits per heavy atom. The van der Waals surface area contributed by atoms with Gasteiger partial charge in [-0.25, -0.2) is 4.79 Å². The second-order valence-corrected chi connectivity index (χ2v) is 7.59. The van der Waals surface area contributed by atoms with Crippen molar-refractivity contribution in [2.45, 2.75) is 17.9 Å².